The topological polar surface area (TPSA) is 95.0 Å². The van der Waals surface area contributed by atoms with E-state index in [1.807, 2.05) is 53.5 Å². The Bertz CT molecular complexity index is 1590. The largest absolute Gasteiger partial charge is 0.419 e. The third-order valence-corrected chi connectivity index (χ3v) is 8.46. The van der Waals surface area contributed by atoms with Crippen molar-refractivity contribution >= 4 is 5.91 Å². The second kappa shape index (κ2) is 11.6. The molecule has 4 atom stereocenters. The number of benzene rings is 2. The fourth-order valence-corrected chi connectivity index (χ4v) is 6.38. The van der Waals surface area contributed by atoms with Gasteiger partial charge in [0.2, 0.25) is 11.8 Å². The number of allylic oxidation sites excluding steroid dienone is 4. The molecule has 1 N–H and O–H groups in total. The molecule has 1 aliphatic carbocycles. The summed E-state index contributed by atoms with van der Waals surface area (Å²) in [6, 6.07) is 18.2. The minimum Gasteiger partial charge on any atom is -0.419 e. The molecule has 1 unspecified atom stereocenters. The van der Waals surface area contributed by atoms with E-state index in [0.29, 0.717) is 35.9 Å². The number of nitriles is 1. The normalized spacial score (nSPS) is 25.4. The van der Waals surface area contributed by atoms with Gasteiger partial charge in [0.25, 0.3) is 5.91 Å². The van der Waals surface area contributed by atoms with E-state index in [9.17, 15) is 10.1 Å². The van der Waals surface area contributed by atoms with Crippen LogP contribution in [0, 0.1) is 23.2 Å². The summed E-state index contributed by atoms with van der Waals surface area (Å²) < 4.78 is 6.42. The van der Waals surface area contributed by atoms with Crippen LogP contribution in [0.2, 0.25) is 0 Å². The van der Waals surface area contributed by atoms with Gasteiger partial charge in [-0.15, -0.1) is 16.1 Å². The van der Waals surface area contributed by atoms with Crippen LogP contribution in [0.5, 0.6) is 0 Å². The molecule has 0 spiro atoms. The molecule has 2 aromatic carbocycles. The summed E-state index contributed by atoms with van der Waals surface area (Å²) in [4.78, 5) is 15.5. The number of likely N-dealkylation sites (tertiary alicyclic amines) is 1. The lowest BCUT2D eigenvalue weighted by Gasteiger charge is -2.30. The van der Waals surface area contributed by atoms with Gasteiger partial charge in [0, 0.05) is 23.6 Å². The first kappa shape index (κ1) is 26.7. The molecule has 41 heavy (non-hydrogen) atoms. The predicted octanol–water partition coefficient (Wildman–Crippen LogP) is 5.85. The van der Waals surface area contributed by atoms with Gasteiger partial charge in [-0.3, -0.25) is 4.79 Å². The van der Waals surface area contributed by atoms with Crippen LogP contribution >= 0.6 is 0 Å². The number of carbonyl (C=O) groups is 1. The van der Waals surface area contributed by atoms with E-state index in [1.54, 1.807) is 6.92 Å². The molecule has 3 aromatic rings. The first-order chi connectivity index (χ1) is 20.1. The summed E-state index contributed by atoms with van der Waals surface area (Å²) in [5.74, 6) is 7.09. The Morgan fingerprint density at radius 1 is 1.12 bits per heavy atom. The number of amides is 1. The maximum Gasteiger partial charge on any atom is 0.254 e. The SMILES string of the molecule is CC#C[C@H]1CCCN1C(=O)c1ccc(C2(C#N)C=CC=CC2)c(-c2nnc([C@@H]3NCCC[C@@H]3c3ccccc3)o2)c1. The average Bonchev–Trinajstić information content (AvgIpc) is 3.72. The quantitative estimate of drug-likeness (QED) is 0.406. The van der Waals surface area contributed by atoms with Gasteiger partial charge in [-0.2, -0.15) is 5.26 Å². The van der Waals surface area contributed by atoms with E-state index >= 15 is 0 Å². The summed E-state index contributed by atoms with van der Waals surface area (Å²) in [5.41, 5.74) is 2.21. The van der Waals surface area contributed by atoms with Crippen molar-refractivity contribution in [1.29, 1.82) is 5.26 Å². The van der Waals surface area contributed by atoms with E-state index in [-0.39, 0.29) is 23.9 Å². The monoisotopic (exact) mass is 543 g/mol. The zero-order valence-corrected chi connectivity index (χ0v) is 23.2. The van der Waals surface area contributed by atoms with Crippen LogP contribution in [0.4, 0.5) is 0 Å². The first-order valence-electron chi connectivity index (χ1n) is 14.4. The number of hydrogen-bond donors (Lipinski definition) is 1. The summed E-state index contributed by atoms with van der Waals surface area (Å²) in [6.45, 7) is 3.34. The van der Waals surface area contributed by atoms with E-state index in [0.717, 1.165) is 37.8 Å². The molecule has 0 radical (unpaired) electrons. The average molecular weight is 544 g/mol. The van der Waals surface area contributed by atoms with Crippen molar-refractivity contribution < 1.29 is 9.21 Å². The molecular formula is C34H33N5O2. The zero-order chi connectivity index (χ0) is 28.2. The van der Waals surface area contributed by atoms with Gasteiger partial charge in [-0.1, -0.05) is 66.6 Å². The molecule has 0 saturated carbocycles. The Morgan fingerprint density at radius 2 is 2.00 bits per heavy atom. The molecule has 1 amide bonds. The Labute approximate surface area is 241 Å². The van der Waals surface area contributed by atoms with Crippen molar-refractivity contribution in [2.45, 2.75) is 62.4 Å². The van der Waals surface area contributed by atoms with Crippen LogP contribution < -0.4 is 5.32 Å². The minimum atomic E-state index is -0.903. The van der Waals surface area contributed by atoms with Crippen LogP contribution in [0.25, 0.3) is 11.5 Å². The molecule has 7 nitrogen and oxygen atoms in total. The number of rotatable bonds is 5. The van der Waals surface area contributed by atoms with E-state index in [2.05, 4.69) is 57.7 Å². The number of piperidine rings is 1. The first-order valence-corrected chi connectivity index (χ1v) is 14.4. The fraction of sp³-hybridized carbons (Fsp3) is 0.353. The number of hydrogen-bond acceptors (Lipinski definition) is 6. The molecule has 2 aliphatic heterocycles. The molecule has 2 fully saturated rings. The molecule has 6 rings (SSSR count). The molecule has 2 saturated heterocycles. The van der Waals surface area contributed by atoms with Gasteiger partial charge in [-0.05, 0) is 68.8 Å². The van der Waals surface area contributed by atoms with Crippen LogP contribution in [0.15, 0.2) is 77.3 Å². The van der Waals surface area contributed by atoms with Crippen LogP contribution in [0.3, 0.4) is 0 Å². The van der Waals surface area contributed by atoms with Gasteiger partial charge in [-0.25, -0.2) is 0 Å². The number of nitrogens with one attached hydrogen (secondary N) is 1. The van der Waals surface area contributed by atoms with Crippen molar-refractivity contribution in [2.75, 3.05) is 13.1 Å². The Balaban J connectivity index is 1.41. The maximum atomic E-state index is 13.7. The highest BCUT2D eigenvalue weighted by Crippen LogP contribution is 2.41. The van der Waals surface area contributed by atoms with Gasteiger partial charge >= 0.3 is 0 Å². The molecule has 3 heterocycles. The lowest BCUT2D eigenvalue weighted by molar-refractivity contribution is 0.0766. The number of aromatic nitrogens is 2. The molecule has 1 aromatic heterocycles. The van der Waals surface area contributed by atoms with Gasteiger partial charge in [0.05, 0.1) is 18.2 Å². The Hall–Kier alpha value is -4.46. The van der Waals surface area contributed by atoms with Gasteiger partial charge in [0.15, 0.2) is 0 Å². The van der Waals surface area contributed by atoms with Crippen molar-refractivity contribution in [2.24, 2.45) is 0 Å². The van der Waals surface area contributed by atoms with Gasteiger partial charge < -0.3 is 14.6 Å². The highest BCUT2D eigenvalue weighted by molar-refractivity contribution is 5.96. The van der Waals surface area contributed by atoms with Crippen molar-refractivity contribution in [3.8, 4) is 29.4 Å². The smallest absolute Gasteiger partial charge is 0.254 e. The minimum absolute atomic E-state index is 0.0778. The van der Waals surface area contributed by atoms with Crippen molar-refractivity contribution in [3.63, 3.8) is 0 Å². The van der Waals surface area contributed by atoms with Crippen molar-refractivity contribution in [1.82, 2.24) is 20.4 Å². The zero-order valence-electron chi connectivity index (χ0n) is 23.2. The standard InChI is InChI=1S/C34H33N5O2/c1-2-11-26-14-10-21-39(26)33(40)25-16-17-29(34(23-35)18-7-4-8-19-34)28(22-25)31-37-38-32(41-31)30-27(15-9-20-36-30)24-12-5-3-6-13-24/h3-8,12-13,16-18,22,26-27,30,36H,9-10,14-15,19-21H2,1H3/t26-,27+,30+,34?/m0/s1. The molecule has 7 heteroatoms. The molecule has 206 valence electrons. The van der Waals surface area contributed by atoms with Crippen LogP contribution in [0.1, 0.15) is 78.4 Å². The Kier molecular flexibility index (Phi) is 7.55. The third kappa shape index (κ3) is 5.10. The number of nitrogens with zero attached hydrogens (tertiary/aromatic N) is 4. The summed E-state index contributed by atoms with van der Waals surface area (Å²) in [5, 5.41) is 23.0. The lowest BCUT2D eigenvalue weighted by Crippen LogP contribution is -2.34. The van der Waals surface area contributed by atoms with Crippen LogP contribution in [-0.2, 0) is 5.41 Å². The van der Waals surface area contributed by atoms with E-state index < -0.39 is 5.41 Å². The number of carbonyl (C=O) groups excluding carboxylic acids is 1. The lowest BCUT2D eigenvalue weighted by atomic mass is 9.74. The van der Waals surface area contributed by atoms with Crippen molar-refractivity contribution in [3.05, 3.63) is 95.4 Å². The van der Waals surface area contributed by atoms with Crippen LogP contribution in [-0.4, -0.2) is 40.1 Å². The highest BCUT2D eigenvalue weighted by Gasteiger charge is 2.36. The van der Waals surface area contributed by atoms with E-state index in [4.69, 9.17) is 4.42 Å². The maximum absolute atomic E-state index is 13.7. The molecule has 0 bridgehead atoms. The second-order valence-corrected chi connectivity index (χ2v) is 10.9. The summed E-state index contributed by atoms with van der Waals surface area (Å²) in [6.07, 6.45) is 12.1. The highest BCUT2D eigenvalue weighted by atomic mass is 16.4. The molecular weight excluding hydrogens is 510 g/mol. The summed E-state index contributed by atoms with van der Waals surface area (Å²) in [7, 11) is 0. The fourth-order valence-electron chi connectivity index (χ4n) is 6.38. The molecule has 3 aliphatic rings. The van der Waals surface area contributed by atoms with E-state index in [1.165, 1.54) is 5.56 Å². The summed E-state index contributed by atoms with van der Waals surface area (Å²) >= 11 is 0. The second-order valence-electron chi connectivity index (χ2n) is 10.9. The Morgan fingerprint density at radius 3 is 2.78 bits per heavy atom. The van der Waals surface area contributed by atoms with Gasteiger partial charge in [0.1, 0.15) is 5.41 Å². The third-order valence-electron chi connectivity index (χ3n) is 8.46. The predicted molar refractivity (Wildman–Crippen MR) is 157 cm³/mol.